The normalized spacial score (nSPS) is 14.7. The second-order valence-corrected chi connectivity index (χ2v) is 5.87. The molecule has 0 spiro atoms. The lowest BCUT2D eigenvalue weighted by atomic mass is 10.2. The van der Waals surface area contributed by atoms with Gasteiger partial charge in [0.05, 0.1) is 0 Å². The van der Waals surface area contributed by atoms with Crippen molar-refractivity contribution in [3.8, 4) is 0 Å². The lowest BCUT2D eigenvalue weighted by molar-refractivity contribution is 0.590. The van der Waals surface area contributed by atoms with Gasteiger partial charge in [-0.05, 0) is 37.6 Å². The van der Waals surface area contributed by atoms with E-state index in [1.165, 1.54) is 19.3 Å². The third-order valence-corrected chi connectivity index (χ3v) is 4.23. The molecule has 3 heterocycles. The van der Waals surface area contributed by atoms with Gasteiger partial charge in [-0.3, -0.25) is 0 Å². The lowest BCUT2D eigenvalue weighted by Crippen LogP contribution is -2.03. The van der Waals surface area contributed by atoms with Gasteiger partial charge >= 0.3 is 0 Å². The third-order valence-electron chi connectivity index (χ3n) is 3.33. The molecule has 0 unspecified atom stereocenters. The van der Waals surface area contributed by atoms with E-state index >= 15 is 0 Å². The molecule has 0 fully saturated rings. The number of hydrogen-bond acceptors (Lipinski definition) is 6. The minimum Gasteiger partial charge on any atom is -0.357 e. The van der Waals surface area contributed by atoms with E-state index in [-0.39, 0.29) is 0 Å². The monoisotopic (exact) mass is 290 g/mol. The van der Waals surface area contributed by atoms with Crippen LogP contribution in [0, 0.1) is 6.92 Å². The van der Waals surface area contributed by atoms with Crippen LogP contribution in [0.1, 0.15) is 30.8 Å². The predicted molar refractivity (Wildman–Crippen MR) is 78.0 cm³/mol. The Kier molecular flexibility index (Phi) is 3.86. The summed E-state index contributed by atoms with van der Waals surface area (Å²) in [6, 6.07) is 1.98. The molecule has 7 heteroatoms. The summed E-state index contributed by atoms with van der Waals surface area (Å²) in [6.07, 6.45) is 4.70. The van der Waals surface area contributed by atoms with E-state index in [0.29, 0.717) is 5.95 Å². The number of fused-ring (bicyclic) bond motifs is 1. The fourth-order valence-corrected chi connectivity index (χ4v) is 3.27. The number of aryl methyl sites for hydroxylation is 2. The largest absolute Gasteiger partial charge is 0.357 e. The minimum atomic E-state index is 0.642. The fraction of sp³-hybridized carbons (Fsp3) is 0.538. The molecule has 1 aliphatic heterocycles. The zero-order valence-corrected chi connectivity index (χ0v) is 12.6. The summed E-state index contributed by atoms with van der Waals surface area (Å²) in [5, 5.41) is 13.4. The first-order chi connectivity index (χ1) is 9.76. The van der Waals surface area contributed by atoms with Gasteiger partial charge in [0.2, 0.25) is 5.95 Å². The van der Waals surface area contributed by atoms with Crippen LogP contribution in [0.25, 0.3) is 0 Å². The minimum absolute atomic E-state index is 0.642. The third kappa shape index (κ3) is 2.77. The molecular formula is C13H18N6S. The number of aromatic nitrogens is 5. The van der Waals surface area contributed by atoms with Crippen LogP contribution in [-0.2, 0) is 13.0 Å². The molecule has 1 aliphatic rings. The van der Waals surface area contributed by atoms with Crippen molar-refractivity contribution in [3.05, 3.63) is 17.6 Å². The van der Waals surface area contributed by atoms with Gasteiger partial charge < -0.3 is 9.88 Å². The highest BCUT2D eigenvalue weighted by molar-refractivity contribution is 7.99. The summed E-state index contributed by atoms with van der Waals surface area (Å²) in [5.41, 5.74) is 0.947. The van der Waals surface area contributed by atoms with Gasteiger partial charge in [0.25, 0.3) is 0 Å². The van der Waals surface area contributed by atoms with Crippen LogP contribution >= 0.6 is 11.8 Å². The van der Waals surface area contributed by atoms with E-state index in [2.05, 4.69) is 30.0 Å². The highest BCUT2D eigenvalue weighted by Crippen LogP contribution is 2.28. The zero-order chi connectivity index (χ0) is 13.9. The highest BCUT2D eigenvalue weighted by atomic mass is 32.2. The molecule has 2 aromatic rings. The number of rotatable bonds is 3. The molecule has 0 saturated carbocycles. The van der Waals surface area contributed by atoms with E-state index in [1.54, 1.807) is 11.8 Å². The first-order valence-corrected chi connectivity index (χ1v) is 7.71. The Morgan fingerprint density at radius 1 is 1.20 bits per heavy atom. The number of nitrogens with zero attached hydrogens (tertiary/aromatic N) is 5. The van der Waals surface area contributed by atoms with Crippen LogP contribution in [0.15, 0.2) is 16.2 Å². The molecular weight excluding hydrogens is 272 g/mol. The Labute approximate surface area is 122 Å². The van der Waals surface area contributed by atoms with Crippen molar-refractivity contribution in [2.75, 3.05) is 12.4 Å². The van der Waals surface area contributed by atoms with Gasteiger partial charge in [-0.1, -0.05) is 6.42 Å². The molecule has 0 radical (unpaired) electrons. The fourth-order valence-electron chi connectivity index (χ4n) is 2.33. The van der Waals surface area contributed by atoms with Gasteiger partial charge in [-0.2, -0.15) is 0 Å². The second-order valence-electron chi connectivity index (χ2n) is 4.88. The van der Waals surface area contributed by atoms with Gasteiger partial charge in [0.15, 0.2) is 5.16 Å². The molecule has 0 bridgehead atoms. The van der Waals surface area contributed by atoms with Crippen LogP contribution < -0.4 is 5.32 Å². The summed E-state index contributed by atoms with van der Waals surface area (Å²) < 4.78 is 2.23. The molecule has 2 aromatic heterocycles. The topological polar surface area (TPSA) is 68.5 Å². The Morgan fingerprint density at radius 2 is 2.10 bits per heavy atom. The van der Waals surface area contributed by atoms with E-state index in [1.807, 2.05) is 20.0 Å². The number of hydrogen-bond donors (Lipinski definition) is 1. The molecule has 0 aromatic carbocycles. The van der Waals surface area contributed by atoms with Crippen LogP contribution in [-0.4, -0.2) is 31.8 Å². The Balaban J connectivity index is 1.88. The van der Waals surface area contributed by atoms with Crippen molar-refractivity contribution >= 4 is 17.7 Å². The molecule has 20 heavy (non-hydrogen) atoms. The van der Waals surface area contributed by atoms with Crippen molar-refractivity contribution in [1.29, 1.82) is 0 Å². The van der Waals surface area contributed by atoms with E-state index in [9.17, 15) is 0 Å². The quantitative estimate of drug-likeness (QED) is 0.875. The number of nitrogens with one attached hydrogen (secondary N) is 1. The van der Waals surface area contributed by atoms with Crippen molar-refractivity contribution in [1.82, 2.24) is 24.7 Å². The molecule has 1 N–H and O–H groups in total. The van der Waals surface area contributed by atoms with Crippen molar-refractivity contribution < 1.29 is 0 Å². The van der Waals surface area contributed by atoms with Gasteiger partial charge in [0, 0.05) is 25.7 Å². The van der Waals surface area contributed by atoms with Crippen LogP contribution in [0.2, 0.25) is 0 Å². The molecule has 0 amide bonds. The summed E-state index contributed by atoms with van der Waals surface area (Å²) in [5.74, 6) is 1.74. The Morgan fingerprint density at radius 3 is 2.95 bits per heavy atom. The SMILES string of the molecule is CNc1nc(C)cc(Sc2nnc3n2CCCCC3)n1. The first kappa shape index (κ1) is 13.4. The number of anilines is 1. The highest BCUT2D eigenvalue weighted by Gasteiger charge is 2.16. The molecule has 6 nitrogen and oxygen atoms in total. The van der Waals surface area contributed by atoms with E-state index in [0.717, 1.165) is 34.7 Å². The van der Waals surface area contributed by atoms with Crippen molar-refractivity contribution in [3.63, 3.8) is 0 Å². The van der Waals surface area contributed by atoms with E-state index < -0.39 is 0 Å². The predicted octanol–water partition coefficient (Wildman–Crippen LogP) is 2.30. The Hall–Kier alpha value is -1.63. The molecule has 3 rings (SSSR count). The molecule has 0 aliphatic carbocycles. The molecule has 106 valence electrons. The van der Waals surface area contributed by atoms with Gasteiger partial charge in [-0.15, -0.1) is 10.2 Å². The maximum absolute atomic E-state index is 4.46. The maximum Gasteiger partial charge on any atom is 0.223 e. The zero-order valence-electron chi connectivity index (χ0n) is 11.8. The van der Waals surface area contributed by atoms with Crippen LogP contribution in [0.5, 0.6) is 0 Å². The lowest BCUT2D eigenvalue weighted by Gasteiger charge is -2.07. The summed E-state index contributed by atoms with van der Waals surface area (Å²) in [6.45, 7) is 2.98. The molecule has 0 atom stereocenters. The van der Waals surface area contributed by atoms with Gasteiger partial charge in [-0.25, -0.2) is 9.97 Å². The molecule has 0 saturated heterocycles. The average Bonchev–Trinajstić information content (AvgIpc) is 2.67. The maximum atomic E-state index is 4.46. The summed E-state index contributed by atoms with van der Waals surface area (Å²) >= 11 is 1.56. The van der Waals surface area contributed by atoms with Crippen LogP contribution in [0.3, 0.4) is 0 Å². The first-order valence-electron chi connectivity index (χ1n) is 6.89. The smallest absolute Gasteiger partial charge is 0.223 e. The van der Waals surface area contributed by atoms with Crippen molar-refractivity contribution in [2.24, 2.45) is 0 Å². The van der Waals surface area contributed by atoms with Crippen LogP contribution in [0.4, 0.5) is 5.95 Å². The summed E-state index contributed by atoms with van der Waals surface area (Å²) in [4.78, 5) is 8.76. The van der Waals surface area contributed by atoms with Crippen molar-refractivity contribution in [2.45, 2.75) is 49.3 Å². The second kappa shape index (κ2) is 5.78. The summed E-state index contributed by atoms with van der Waals surface area (Å²) in [7, 11) is 1.83. The average molecular weight is 290 g/mol. The standard InChI is InChI=1S/C13H18N6S/c1-9-8-11(16-12(14-2)15-9)20-13-18-17-10-6-4-3-5-7-19(10)13/h8H,3-7H2,1-2H3,(H,14,15,16). The van der Waals surface area contributed by atoms with E-state index in [4.69, 9.17) is 0 Å². The van der Waals surface area contributed by atoms with Gasteiger partial charge in [0.1, 0.15) is 10.9 Å². The Bertz CT molecular complexity index is 609.